The van der Waals surface area contributed by atoms with E-state index in [1.54, 1.807) is 19.2 Å². The minimum absolute atomic E-state index is 0.339. The Labute approximate surface area is 201 Å². The van der Waals surface area contributed by atoms with Crippen LogP contribution in [-0.2, 0) is 4.74 Å². The highest BCUT2D eigenvalue weighted by Crippen LogP contribution is 2.34. The molecule has 0 saturated carbocycles. The van der Waals surface area contributed by atoms with Gasteiger partial charge in [0.2, 0.25) is 5.95 Å². The number of methoxy groups -OCH3 is 1. The van der Waals surface area contributed by atoms with Gasteiger partial charge in [-0.3, -0.25) is 4.90 Å². The van der Waals surface area contributed by atoms with Crippen LogP contribution in [0.4, 0.5) is 16.2 Å². The van der Waals surface area contributed by atoms with Crippen LogP contribution >= 0.6 is 11.6 Å². The van der Waals surface area contributed by atoms with Crippen molar-refractivity contribution in [2.75, 3.05) is 57.1 Å². The molecule has 176 valence electrons. The number of nitrogens with two attached hydrogens (primary N) is 1. The van der Waals surface area contributed by atoms with Gasteiger partial charge in [0.15, 0.2) is 5.65 Å². The molecular formula is C24H25ClFN7O. The van der Waals surface area contributed by atoms with Crippen molar-refractivity contribution < 1.29 is 9.13 Å². The third kappa shape index (κ3) is 4.42. The number of aromatic nitrogens is 4. The van der Waals surface area contributed by atoms with E-state index in [9.17, 15) is 4.39 Å². The third-order valence-electron chi connectivity index (χ3n) is 5.97. The van der Waals surface area contributed by atoms with Crippen LogP contribution < -0.4 is 10.6 Å². The predicted molar refractivity (Wildman–Crippen MR) is 132 cm³/mol. The first kappa shape index (κ1) is 22.5. The largest absolute Gasteiger partial charge is 0.383 e. The van der Waals surface area contributed by atoms with Crippen molar-refractivity contribution in [2.24, 2.45) is 0 Å². The number of benzene rings is 2. The molecule has 2 aromatic carbocycles. The topological polar surface area (TPSA) is 85.3 Å². The molecule has 0 spiro atoms. The molecule has 2 N–H and O–H groups in total. The molecule has 2 aromatic heterocycles. The Bertz CT molecular complexity index is 1320. The number of halogens is 2. The maximum atomic E-state index is 13.9. The summed E-state index contributed by atoms with van der Waals surface area (Å²) in [6.45, 7) is 4.94. The van der Waals surface area contributed by atoms with E-state index < -0.39 is 0 Å². The molecule has 1 fully saturated rings. The first-order chi connectivity index (χ1) is 16.5. The number of anilines is 2. The summed E-state index contributed by atoms with van der Waals surface area (Å²) in [5, 5.41) is 5.83. The number of rotatable bonds is 6. The molecule has 3 heterocycles. The van der Waals surface area contributed by atoms with Crippen LogP contribution in [0.25, 0.3) is 28.0 Å². The zero-order valence-electron chi connectivity index (χ0n) is 18.8. The Hall–Kier alpha value is -3.27. The number of nitrogen functional groups attached to an aromatic ring is 1. The summed E-state index contributed by atoms with van der Waals surface area (Å²) >= 11 is 6.29. The summed E-state index contributed by atoms with van der Waals surface area (Å²) in [4.78, 5) is 14.2. The third-order valence-corrected chi connectivity index (χ3v) is 6.21. The highest BCUT2D eigenvalue weighted by atomic mass is 35.5. The van der Waals surface area contributed by atoms with Gasteiger partial charge in [-0.15, -0.1) is 5.10 Å². The summed E-state index contributed by atoms with van der Waals surface area (Å²) in [6.07, 6.45) is 0. The molecule has 0 unspecified atom stereocenters. The SMILES string of the molecule is COCCN1CCN(c2nc(-c3cccc(Cl)c3)c3c(N)n(-c4cccc(F)c4)nc3n2)CC1. The number of ether oxygens (including phenoxy) is 1. The van der Waals surface area contributed by atoms with Crippen LogP contribution in [0.1, 0.15) is 0 Å². The van der Waals surface area contributed by atoms with Crippen LogP contribution in [0.2, 0.25) is 5.02 Å². The van der Waals surface area contributed by atoms with Gasteiger partial charge in [-0.2, -0.15) is 4.98 Å². The van der Waals surface area contributed by atoms with E-state index in [1.165, 1.54) is 16.8 Å². The van der Waals surface area contributed by atoms with E-state index in [0.717, 1.165) is 38.3 Å². The van der Waals surface area contributed by atoms with E-state index in [0.29, 0.717) is 45.8 Å². The Kier molecular flexibility index (Phi) is 6.32. The maximum absolute atomic E-state index is 13.9. The molecule has 0 atom stereocenters. The summed E-state index contributed by atoms with van der Waals surface area (Å²) in [5.74, 6) is 0.550. The van der Waals surface area contributed by atoms with Gasteiger partial charge < -0.3 is 15.4 Å². The second kappa shape index (κ2) is 9.54. The minimum Gasteiger partial charge on any atom is -0.383 e. The highest BCUT2D eigenvalue weighted by molar-refractivity contribution is 6.30. The number of nitrogens with zero attached hydrogens (tertiary/aromatic N) is 6. The average Bonchev–Trinajstić information content (AvgIpc) is 3.19. The number of hydrogen-bond acceptors (Lipinski definition) is 7. The Balaban J connectivity index is 1.60. The normalized spacial score (nSPS) is 14.7. The van der Waals surface area contributed by atoms with E-state index in [2.05, 4.69) is 14.9 Å². The lowest BCUT2D eigenvalue weighted by Gasteiger charge is -2.34. The second-order valence-electron chi connectivity index (χ2n) is 8.18. The number of hydrogen-bond donors (Lipinski definition) is 1. The van der Waals surface area contributed by atoms with E-state index in [4.69, 9.17) is 32.0 Å². The monoisotopic (exact) mass is 481 g/mol. The van der Waals surface area contributed by atoms with Crippen molar-refractivity contribution in [3.63, 3.8) is 0 Å². The zero-order valence-corrected chi connectivity index (χ0v) is 19.5. The van der Waals surface area contributed by atoms with Crippen LogP contribution in [0.15, 0.2) is 48.5 Å². The molecule has 1 saturated heterocycles. The summed E-state index contributed by atoms with van der Waals surface area (Å²) < 4.78 is 20.6. The van der Waals surface area contributed by atoms with Gasteiger partial charge in [-0.1, -0.05) is 29.8 Å². The molecule has 0 aliphatic carbocycles. The van der Waals surface area contributed by atoms with E-state index >= 15 is 0 Å². The van der Waals surface area contributed by atoms with Gasteiger partial charge in [0, 0.05) is 50.4 Å². The van der Waals surface area contributed by atoms with Gasteiger partial charge in [-0.25, -0.2) is 14.1 Å². The molecule has 1 aliphatic rings. The summed E-state index contributed by atoms with van der Waals surface area (Å²) in [5.41, 5.74) is 8.94. The van der Waals surface area contributed by atoms with E-state index in [1.807, 2.05) is 24.3 Å². The smallest absolute Gasteiger partial charge is 0.228 e. The standard InChI is InChI=1S/C24H25ClFN7O/c1-34-13-12-31-8-10-32(11-9-31)24-28-21(16-4-2-5-17(25)14-16)20-22(27)33(30-23(20)29-24)19-7-3-6-18(26)15-19/h2-7,14-15H,8-13,27H2,1H3. The van der Waals surface area contributed by atoms with Gasteiger partial charge in [0.05, 0.1) is 23.4 Å². The summed E-state index contributed by atoms with van der Waals surface area (Å²) in [6, 6.07) is 13.6. The molecule has 34 heavy (non-hydrogen) atoms. The lowest BCUT2D eigenvalue weighted by Crippen LogP contribution is -2.47. The molecule has 5 rings (SSSR count). The van der Waals surface area contributed by atoms with Gasteiger partial charge in [-0.05, 0) is 30.3 Å². The Morgan fingerprint density at radius 1 is 1.06 bits per heavy atom. The summed E-state index contributed by atoms with van der Waals surface area (Å²) in [7, 11) is 1.71. The zero-order chi connectivity index (χ0) is 23.7. The van der Waals surface area contributed by atoms with Gasteiger partial charge >= 0.3 is 0 Å². The molecular weight excluding hydrogens is 457 g/mol. The van der Waals surface area contributed by atoms with Crippen LogP contribution in [0.5, 0.6) is 0 Å². The predicted octanol–water partition coefficient (Wildman–Crippen LogP) is 3.63. The van der Waals surface area contributed by atoms with Crippen molar-refractivity contribution in [3.05, 3.63) is 59.4 Å². The Morgan fingerprint density at radius 3 is 2.59 bits per heavy atom. The molecule has 0 radical (unpaired) electrons. The highest BCUT2D eigenvalue weighted by Gasteiger charge is 2.24. The van der Waals surface area contributed by atoms with Crippen molar-refractivity contribution >= 4 is 34.4 Å². The molecule has 8 nitrogen and oxygen atoms in total. The van der Waals surface area contributed by atoms with Crippen LogP contribution in [0.3, 0.4) is 0 Å². The van der Waals surface area contributed by atoms with Crippen LogP contribution in [0, 0.1) is 5.82 Å². The van der Waals surface area contributed by atoms with Crippen molar-refractivity contribution in [2.45, 2.75) is 0 Å². The molecule has 10 heteroatoms. The molecule has 0 amide bonds. The van der Waals surface area contributed by atoms with Crippen LogP contribution in [-0.4, -0.2) is 71.1 Å². The van der Waals surface area contributed by atoms with Crippen molar-refractivity contribution in [3.8, 4) is 16.9 Å². The van der Waals surface area contributed by atoms with Gasteiger partial charge in [0.1, 0.15) is 11.6 Å². The molecule has 0 bridgehead atoms. The van der Waals surface area contributed by atoms with Gasteiger partial charge in [0.25, 0.3) is 0 Å². The number of piperazine rings is 1. The first-order valence-corrected chi connectivity index (χ1v) is 11.5. The fourth-order valence-electron chi connectivity index (χ4n) is 4.18. The fraction of sp³-hybridized carbons (Fsp3) is 0.292. The lowest BCUT2D eigenvalue weighted by atomic mass is 10.1. The Morgan fingerprint density at radius 2 is 1.85 bits per heavy atom. The van der Waals surface area contributed by atoms with Crippen molar-refractivity contribution in [1.82, 2.24) is 24.6 Å². The quantitative estimate of drug-likeness (QED) is 0.450. The lowest BCUT2D eigenvalue weighted by molar-refractivity contribution is 0.144. The van der Waals surface area contributed by atoms with Crippen molar-refractivity contribution in [1.29, 1.82) is 0 Å². The average molecular weight is 482 g/mol. The minimum atomic E-state index is -0.371. The molecule has 1 aliphatic heterocycles. The van der Waals surface area contributed by atoms with E-state index in [-0.39, 0.29) is 5.82 Å². The first-order valence-electron chi connectivity index (χ1n) is 11.1. The maximum Gasteiger partial charge on any atom is 0.228 e. The molecule has 4 aromatic rings. The fourth-order valence-corrected chi connectivity index (χ4v) is 4.37. The number of fused-ring (bicyclic) bond motifs is 1. The second-order valence-corrected chi connectivity index (χ2v) is 8.62.